The number of rotatable bonds is 6. The number of ether oxygens (including phenoxy) is 1. The molecule has 2 N–H and O–H groups in total. The summed E-state index contributed by atoms with van der Waals surface area (Å²) in [5.74, 6) is -0.818. The maximum atomic E-state index is 12.3. The van der Waals surface area contributed by atoms with Gasteiger partial charge in [-0.15, -0.1) is 0 Å². The average Bonchev–Trinajstić information content (AvgIpc) is 2.74. The number of benzene rings is 1. The third-order valence-corrected chi connectivity index (χ3v) is 4.52. The highest BCUT2D eigenvalue weighted by atomic mass is 32.2. The molecule has 6 nitrogen and oxygen atoms in total. The molecule has 1 saturated heterocycles. The fraction of sp³-hybridized carbons (Fsp3) is 0.267. The Hall–Kier alpha value is -2.06. The second kappa shape index (κ2) is 7.47. The number of carboxylic acid groups (broad SMARTS) is 1. The molecule has 122 valence electrons. The number of aromatic hydroxyl groups is 1. The maximum absolute atomic E-state index is 12.3. The van der Waals surface area contributed by atoms with Crippen LogP contribution in [-0.2, 0) is 9.59 Å². The number of phenolic OH excluding ortho intramolecular Hbond substituents is 1. The number of amides is 1. The van der Waals surface area contributed by atoms with Gasteiger partial charge in [-0.1, -0.05) is 30.0 Å². The van der Waals surface area contributed by atoms with Crippen LogP contribution in [0.3, 0.4) is 0 Å². The van der Waals surface area contributed by atoms with Gasteiger partial charge in [0.2, 0.25) is 0 Å². The molecule has 0 aromatic heterocycles. The van der Waals surface area contributed by atoms with E-state index in [1.54, 1.807) is 18.2 Å². The van der Waals surface area contributed by atoms with Gasteiger partial charge in [0, 0.05) is 13.0 Å². The number of hydrogen-bond donors (Lipinski definition) is 2. The molecule has 1 heterocycles. The van der Waals surface area contributed by atoms with Gasteiger partial charge in [-0.3, -0.25) is 14.5 Å². The zero-order valence-electron chi connectivity index (χ0n) is 12.3. The minimum atomic E-state index is -0.903. The van der Waals surface area contributed by atoms with Gasteiger partial charge >= 0.3 is 5.97 Å². The molecule has 1 aromatic rings. The number of thioether (sulfide) groups is 1. The van der Waals surface area contributed by atoms with E-state index in [2.05, 4.69) is 0 Å². The first kappa shape index (κ1) is 17.3. The van der Waals surface area contributed by atoms with Gasteiger partial charge in [-0.25, -0.2) is 0 Å². The Kier molecular flexibility index (Phi) is 5.62. The van der Waals surface area contributed by atoms with E-state index in [1.807, 2.05) is 0 Å². The summed E-state index contributed by atoms with van der Waals surface area (Å²) in [6.07, 6.45) is 1.97. The van der Waals surface area contributed by atoms with Gasteiger partial charge in [-0.05, 0) is 30.2 Å². The van der Waals surface area contributed by atoms with E-state index >= 15 is 0 Å². The highest BCUT2D eigenvalue weighted by molar-refractivity contribution is 8.26. The second-order valence-corrected chi connectivity index (χ2v) is 6.44. The lowest BCUT2D eigenvalue weighted by molar-refractivity contribution is -0.137. The van der Waals surface area contributed by atoms with Crippen molar-refractivity contribution >= 4 is 46.3 Å². The molecule has 1 amide bonds. The molecule has 1 aliphatic heterocycles. The maximum Gasteiger partial charge on any atom is 0.303 e. The lowest BCUT2D eigenvalue weighted by Gasteiger charge is -2.13. The third-order valence-electron chi connectivity index (χ3n) is 3.15. The van der Waals surface area contributed by atoms with Gasteiger partial charge < -0.3 is 14.9 Å². The second-order valence-electron chi connectivity index (χ2n) is 4.76. The van der Waals surface area contributed by atoms with E-state index < -0.39 is 5.97 Å². The normalized spacial score (nSPS) is 16.2. The minimum Gasteiger partial charge on any atom is -0.504 e. The number of aliphatic carboxylic acids is 1. The van der Waals surface area contributed by atoms with E-state index in [0.29, 0.717) is 27.0 Å². The van der Waals surface area contributed by atoms with Gasteiger partial charge in [0.1, 0.15) is 4.32 Å². The van der Waals surface area contributed by atoms with E-state index in [1.165, 1.54) is 18.1 Å². The minimum absolute atomic E-state index is 0.0114. The molecule has 0 atom stereocenters. The molecule has 2 rings (SSSR count). The quantitative estimate of drug-likeness (QED) is 0.600. The van der Waals surface area contributed by atoms with Crippen molar-refractivity contribution < 1.29 is 24.5 Å². The predicted octanol–water partition coefficient (Wildman–Crippen LogP) is 2.47. The molecular weight excluding hydrogens is 338 g/mol. The van der Waals surface area contributed by atoms with Crippen molar-refractivity contribution in [2.75, 3.05) is 13.7 Å². The van der Waals surface area contributed by atoms with Crippen LogP contribution in [-0.4, -0.2) is 45.0 Å². The largest absolute Gasteiger partial charge is 0.504 e. The summed E-state index contributed by atoms with van der Waals surface area (Å²) in [6, 6.07) is 4.82. The number of hydrogen-bond acceptors (Lipinski definition) is 6. The lowest BCUT2D eigenvalue weighted by atomic mass is 10.2. The molecule has 0 aliphatic carbocycles. The Bertz CT molecular complexity index is 686. The summed E-state index contributed by atoms with van der Waals surface area (Å²) >= 11 is 6.33. The summed E-state index contributed by atoms with van der Waals surface area (Å²) < 4.78 is 5.38. The van der Waals surface area contributed by atoms with E-state index in [4.69, 9.17) is 22.1 Å². The van der Waals surface area contributed by atoms with Gasteiger partial charge in [0.15, 0.2) is 11.5 Å². The number of methoxy groups -OCH3 is 1. The Morgan fingerprint density at radius 2 is 2.22 bits per heavy atom. The van der Waals surface area contributed by atoms with Crippen molar-refractivity contribution in [2.24, 2.45) is 0 Å². The number of carboxylic acids is 1. The highest BCUT2D eigenvalue weighted by Crippen LogP contribution is 2.34. The predicted molar refractivity (Wildman–Crippen MR) is 91.4 cm³/mol. The number of carbonyl (C=O) groups is 2. The first-order valence-electron chi connectivity index (χ1n) is 6.76. The summed E-state index contributed by atoms with van der Waals surface area (Å²) in [6.45, 7) is 0.280. The topological polar surface area (TPSA) is 87.1 Å². The first-order valence-corrected chi connectivity index (χ1v) is 7.99. The van der Waals surface area contributed by atoms with Crippen molar-refractivity contribution in [1.29, 1.82) is 0 Å². The van der Waals surface area contributed by atoms with Crippen molar-refractivity contribution in [1.82, 2.24) is 4.90 Å². The van der Waals surface area contributed by atoms with Crippen molar-refractivity contribution in [3.05, 3.63) is 28.7 Å². The Morgan fingerprint density at radius 3 is 2.83 bits per heavy atom. The molecule has 0 bridgehead atoms. The fourth-order valence-corrected chi connectivity index (χ4v) is 3.34. The van der Waals surface area contributed by atoms with Crippen LogP contribution in [0.25, 0.3) is 6.08 Å². The van der Waals surface area contributed by atoms with Gasteiger partial charge in [0.05, 0.1) is 12.0 Å². The first-order chi connectivity index (χ1) is 10.9. The van der Waals surface area contributed by atoms with Crippen LogP contribution < -0.4 is 4.74 Å². The molecule has 1 aromatic carbocycles. The van der Waals surface area contributed by atoms with Crippen LogP contribution >= 0.6 is 24.0 Å². The summed E-state index contributed by atoms with van der Waals surface area (Å²) in [4.78, 5) is 24.7. The smallest absolute Gasteiger partial charge is 0.303 e. The molecule has 0 radical (unpaired) electrons. The lowest BCUT2D eigenvalue weighted by Crippen LogP contribution is -2.29. The standard InChI is InChI=1S/C15H15NO5S2/c1-21-11-5-4-9(7-10(11)17)8-12-14(20)16(15(22)23-12)6-2-3-13(18)19/h4-5,7-8,17H,2-3,6H2,1H3,(H,18,19). The molecule has 8 heteroatoms. The number of nitrogens with zero attached hydrogens (tertiary/aromatic N) is 1. The number of carbonyl (C=O) groups excluding carboxylic acids is 1. The molecule has 23 heavy (non-hydrogen) atoms. The molecule has 1 fully saturated rings. The van der Waals surface area contributed by atoms with Crippen molar-refractivity contribution in [3.63, 3.8) is 0 Å². The number of thiocarbonyl (C=S) groups is 1. The van der Waals surface area contributed by atoms with Crippen molar-refractivity contribution in [2.45, 2.75) is 12.8 Å². The Morgan fingerprint density at radius 1 is 1.48 bits per heavy atom. The van der Waals surface area contributed by atoms with Crippen LogP contribution in [0.4, 0.5) is 0 Å². The molecule has 0 spiro atoms. The number of phenols is 1. The molecule has 0 saturated carbocycles. The average molecular weight is 353 g/mol. The monoisotopic (exact) mass is 353 g/mol. The molecule has 1 aliphatic rings. The summed E-state index contributed by atoms with van der Waals surface area (Å²) in [7, 11) is 1.46. The van der Waals surface area contributed by atoms with Gasteiger partial charge in [-0.2, -0.15) is 0 Å². The van der Waals surface area contributed by atoms with Crippen molar-refractivity contribution in [3.8, 4) is 11.5 Å². The van der Waals surface area contributed by atoms with Crippen LogP contribution in [0.1, 0.15) is 18.4 Å². The van der Waals surface area contributed by atoms with E-state index in [-0.39, 0.29) is 24.6 Å². The highest BCUT2D eigenvalue weighted by Gasteiger charge is 2.31. The summed E-state index contributed by atoms with van der Waals surface area (Å²) in [5.41, 5.74) is 0.648. The van der Waals surface area contributed by atoms with Crippen LogP contribution in [0.15, 0.2) is 23.1 Å². The van der Waals surface area contributed by atoms with Crippen LogP contribution in [0, 0.1) is 0 Å². The summed E-state index contributed by atoms with van der Waals surface area (Å²) in [5, 5.41) is 18.4. The SMILES string of the molecule is COc1ccc(C=C2SC(=S)N(CCCC(=O)O)C2=O)cc1O. The third kappa shape index (κ3) is 4.23. The fourth-order valence-electron chi connectivity index (χ4n) is 2.03. The van der Waals surface area contributed by atoms with Gasteiger partial charge in [0.25, 0.3) is 5.91 Å². The molecular formula is C15H15NO5S2. The Balaban J connectivity index is 2.11. The zero-order chi connectivity index (χ0) is 17.0. The Labute approximate surface area is 142 Å². The van der Waals surface area contributed by atoms with E-state index in [0.717, 1.165) is 11.8 Å². The van der Waals surface area contributed by atoms with Crippen LogP contribution in [0.2, 0.25) is 0 Å². The van der Waals surface area contributed by atoms with E-state index in [9.17, 15) is 14.7 Å². The van der Waals surface area contributed by atoms with Crippen LogP contribution in [0.5, 0.6) is 11.5 Å². The zero-order valence-corrected chi connectivity index (χ0v) is 13.9. The molecule has 0 unspecified atom stereocenters.